The van der Waals surface area contributed by atoms with Gasteiger partial charge < -0.3 is 11.5 Å². The Balaban J connectivity index is -0.0000000750. The molecule has 54 valence electrons. The van der Waals surface area contributed by atoms with E-state index in [-0.39, 0.29) is 0 Å². The van der Waals surface area contributed by atoms with E-state index in [9.17, 15) is 0 Å². The zero-order valence-corrected chi connectivity index (χ0v) is 6.46. The lowest BCUT2D eigenvalue weighted by Gasteiger charge is -1.72. The molecule has 0 aliphatic carbocycles. The van der Waals surface area contributed by atoms with Crippen LogP contribution in [-0.4, -0.2) is 28.8 Å². The Hall–Kier alpha value is -0.970. The molecule has 0 aromatic heterocycles. The maximum Gasteiger partial charge on any atom is 0.232 e. The molecule has 6 heteroatoms. The number of rotatable bonds is 1. The molecule has 4 N–H and O–H groups in total. The van der Waals surface area contributed by atoms with Gasteiger partial charge in [-0.15, -0.1) is 0 Å². The fourth-order valence-corrected chi connectivity index (χ4v) is 0. The topological polar surface area (TPSA) is 99.6 Å². The molecule has 0 atom stereocenters. The summed E-state index contributed by atoms with van der Waals surface area (Å²) in [7, 11) is 2.86. The van der Waals surface area contributed by atoms with Gasteiger partial charge >= 0.3 is 0 Å². The molecule has 0 bridgehead atoms. The predicted molar refractivity (Wildman–Crippen MR) is 46.4 cm³/mol. The van der Waals surface area contributed by atoms with E-state index in [1.54, 1.807) is 11.9 Å². The molecule has 0 spiro atoms. The van der Waals surface area contributed by atoms with Gasteiger partial charge in [0.15, 0.2) is 0 Å². The molecule has 10 heavy (non-hydrogen) atoms. The van der Waals surface area contributed by atoms with Crippen LogP contribution in [0.2, 0.25) is 0 Å². The molecule has 0 amide bonds. The zero-order valence-electron chi connectivity index (χ0n) is 6.46. The Morgan fingerprint density at radius 2 is 1.10 bits per heavy atom. The maximum absolute atomic E-state index is 7.32. The summed E-state index contributed by atoms with van der Waals surface area (Å²) in [5.41, 5.74) is 9.81. The van der Waals surface area contributed by atoms with E-state index in [0.29, 0.717) is 13.1 Å². The quantitative estimate of drug-likeness (QED) is 0.379. The van der Waals surface area contributed by atoms with Gasteiger partial charge in [-0.3, -0.25) is 0 Å². The molecule has 0 aromatic carbocycles. The minimum atomic E-state index is 0.597. The van der Waals surface area contributed by atoms with E-state index in [1.807, 2.05) is 0 Å². The number of nitriles is 2. The normalized spacial score (nSPS) is 4.40. The minimum Gasteiger partial charge on any atom is -0.329 e. The van der Waals surface area contributed by atoms with E-state index in [2.05, 4.69) is 0 Å². The van der Waals surface area contributed by atoms with Crippen molar-refractivity contribution in [3.63, 3.8) is 0 Å². The van der Waals surface area contributed by atoms with Crippen molar-refractivity contribution in [3.8, 4) is 11.9 Å². The van der Waals surface area contributed by atoms with Crippen LogP contribution in [0.5, 0.6) is 0 Å². The zero-order chi connectivity index (χ0) is 8.83. The van der Waals surface area contributed by atoms with Crippen molar-refractivity contribution in [3.05, 3.63) is 0 Å². The molecule has 0 saturated heterocycles. The summed E-state index contributed by atoms with van der Waals surface area (Å²) >= 11 is 0. The first-order chi connectivity index (χ1) is 4.74. The average Bonchev–Trinajstić information content (AvgIpc) is 1.91. The predicted octanol–water partition coefficient (Wildman–Crippen LogP) is -2.90. The summed E-state index contributed by atoms with van der Waals surface area (Å²) < 4.78 is 0. The third-order valence-corrected chi connectivity index (χ3v) is 0.167. The van der Waals surface area contributed by atoms with E-state index >= 15 is 0 Å². The Bertz CT molecular complexity index is 88.8. The summed E-state index contributed by atoms with van der Waals surface area (Å²) in [5, 5.41) is 14.6. The molecule has 0 aliphatic heterocycles. The van der Waals surface area contributed by atoms with Crippen molar-refractivity contribution >= 4 is 15.7 Å². The second kappa shape index (κ2) is 43.2. The van der Waals surface area contributed by atoms with Crippen LogP contribution in [0.3, 0.4) is 0 Å². The third-order valence-electron chi connectivity index (χ3n) is 0.167. The largest absolute Gasteiger partial charge is 0.329 e. The van der Waals surface area contributed by atoms with Gasteiger partial charge in [0.25, 0.3) is 0 Å². The molecule has 4 nitrogen and oxygen atoms in total. The van der Waals surface area contributed by atoms with Gasteiger partial charge in [0.2, 0.25) is 15.7 Å². The summed E-state index contributed by atoms with van der Waals surface area (Å²) in [6.07, 6.45) is 0. The first-order valence-electron chi connectivity index (χ1n) is 2.76. The number of nitrogens with two attached hydrogens (primary N) is 2. The Kier molecular flexibility index (Phi) is 69.2. The highest BCUT2D eigenvalue weighted by atomic mass is 14.6. The molecule has 0 aliphatic rings. The fraction of sp³-hybridized carbons (Fsp3) is 0.500. The van der Waals surface area contributed by atoms with Gasteiger partial charge in [0.05, 0.1) is 0 Å². The van der Waals surface area contributed by atoms with E-state index in [0.717, 1.165) is 0 Å². The molecular weight excluding hydrogens is 126 g/mol. The lowest BCUT2D eigenvalue weighted by molar-refractivity contribution is 0.976. The Morgan fingerprint density at radius 1 is 1.00 bits per heavy atom. The highest BCUT2D eigenvalue weighted by Crippen LogP contribution is 1.24. The first-order valence-corrected chi connectivity index (χ1v) is 2.76. The van der Waals surface area contributed by atoms with Crippen molar-refractivity contribution in [2.45, 2.75) is 0 Å². The van der Waals surface area contributed by atoms with Crippen molar-refractivity contribution in [1.29, 1.82) is 10.5 Å². The van der Waals surface area contributed by atoms with Crippen LogP contribution in [0.4, 0.5) is 0 Å². The molecule has 0 unspecified atom stereocenters. The first kappa shape index (κ1) is 16.0. The van der Waals surface area contributed by atoms with Gasteiger partial charge in [0.1, 0.15) is 0 Å². The van der Waals surface area contributed by atoms with Gasteiger partial charge in [-0.2, -0.15) is 0 Å². The van der Waals surface area contributed by atoms with Gasteiger partial charge in [-0.25, -0.2) is 10.5 Å². The number of nitrogens with zero attached hydrogens (tertiary/aromatic N) is 2. The molecule has 0 fully saturated rings. The highest BCUT2D eigenvalue weighted by Gasteiger charge is 1.54. The SMILES string of the molecule is BC#N.BC#N.NCCN. The standard InChI is InChI=1S/C2H8N2.2CH2BN/c3-1-2-4;2*2-1-3/h1-4H2;2*2H2. The van der Waals surface area contributed by atoms with Crippen molar-refractivity contribution < 1.29 is 0 Å². The van der Waals surface area contributed by atoms with Crippen LogP contribution < -0.4 is 11.5 Å². The van der Waals surface area contributed by atoms with Crippen molar-refractivity contribution in [2.75, 3.05) is 13.1 Å². The lowest BCUT2D eigenvalue weighted by Crippen LogP contribution is -2.11. The number of hydrogen-bond donors (Lipinski definition) is 2. The van der Waals surface area contributed by atoms with Gasteiger partial charge in [0, 0.05) is 13.1 Å². The third kappa shape index (κ3) is 286000. The van der Waals surface area contributed by atoms with Crippen LogP contribution in [0.25, 0.3) is 0 Å². The molecule has 0 aromatic rings. The number of hydrogen-bond acceptors (Lipinski definition) is 4. The van der Waals surface area contributed by atoms with Crippen molar-refractivity contribution in [2.24, 2.45) is 11.5 Å². The molecule has 0 rings (SSSR count). The summed E-state index contributed by atoms with van der Waals surface area (Å²) in [5.74, 6) is 3.50. The monoisotopic (exact) mass is 138 g/mol. The Labute approximate surface area is 63.6 Å². The molecule has 0 heterocycles. The molecule has 0 saturated carbocycles. The van der Waals surface area contributed by atoms with Crippen LogP contribution in [-0.2, 0) is 0 Å². The van der Waals surface area contributed by atoms with Gasteiger partial charge in [-0.05, 0) is 11.9 Å². The average molecular weight is 138 g/mol. The van der Waals surface area contributed by atoms with Crippen LogP contribution in [0.15, 0.2) is 0 Å². The minimum absolute atomic E-state index is 0.597. The summed E-state index contributed by atoms with van der Waals surface area (Å²) in [6, 6.07) is 0. The maximum atomic E-state index is 7.32. The summed E-state index contributed by atoms with van der Waals surface area (Å²) in [6.45, 7) is 1.19. The van der Waals surface area contributed by atoms with Gasteiger partial charge in [-0.1, -0.05) is 0 Å². The summed E-state index contributed by atoms with van der Waals surface area (Å²) in [4.78, 5) is 0. The van der Waals surface area contributed by atoms with Crippen LogP contribution in [0, 0.1) is 22.5 Å². The highest BCUT2D eigenvalue weighted by molar-refractivity contribution is 6.20. The second-order valence-corrected chi connectivity index (χ2v) is 1.02. The molecule has 0 radical (unpaired) electrons. The van der Waals surface area contributed by atoms with Crippen LogP contribution in [0.1, 0.15) is 0 Å². The smallest absolute Gasteiger partial charge is 0.232 e. The lowest BCUT2D eigenvalue weighted by atomic mass is 10.2. The van der Waals surface area contributed by atoms with Crippen LogP contribution >= 0.6 is 0 Å². The van der Waals surface area contributed by atoms with E-state index < -0.39 is 0 Å². The van der Waals surface area contributed by atoms with E-state index in [1.165, 1.54) is 15.7 Å². The van der Waals surface area contributed by atoms with Crippen molar-refractivity contribution in [1.82, 2.24) is 0 Å². The second-order valence-electron chi connectivity index (χ2n) is 1.02. The van der Waals surface area contributed by atoms with E-state index in [4.69, 9.17) is 22.0 Å². The fourth-order valence-electron chi connectivity index (χ4n) is 0. The molecular formula is C4H12B2N4. The Morgan fingerprint density at radius 3 is 1.10 bits per heavy atom.